The van der Waals surface area contributed by atoms with Gasteiger partial charge in [-0.25, -0.2) is 0 Å². The maximum Gasteiger partial charge on any atom is 0.247 e. The van der Waals surface area contributed by atoms with Gasteiger partial charge in [-0.2, -0.15) is 0 Å². The molecule has 10 heteroatoms. The van der Waals surface area contributed by atoms with Crippen molar-refractivity contribution in [3.8, 4) is 11.5 Å². The summed E-state index contributed by atoms with van der Waals surface area (Å²) in [5.74, 6) is 0.145. The van der Waals surface area contributed by atoms with Crippen molar-refractivity contribution in [3.05, 3.63) is 68.3 Å². The van der Waals surface area contributed by atoms with E-state index in [1.54, 1.807) is 17.0 Å². The molecule has 0 aliphatic heterocycles. The van der Waals surface area contributed by atoms with Crippen LogP contribution in [0.2, 0.25) is 0 Å². The van der Waals surface area contributed by atoms with Crippen LogP contribution in [0.15, 0.2) is 48.0 Å². The smallest absolute Gasteiger partial charge is 0.247 e. The molecular formula is C30H37IN2O7. The molecule has 2 aromatic carbocycles. The van der Waals surface area contributed by atoms with Gasteiger partial charge in [-0.15, -0.1) is 0 Å². The topological polar surface area (TPSA) is 125 Å². The number of aryl methyl sites for hydroxylation is 1. The predicted molar refractivity (Wildman–Crippen MR) is 159 cm³/mol. The molecule has 0 saturated carbocycles. The molecule has 216 valence electrons. The van der Waals surface area contributed by atoms with Gasteiger partial charge >= 0.3 is 0 Å². The number of carbonyl (C=O) groups excluding carboxylic acids is 3. The van der Waals surface area contributed by atoms with E-state index >= 15 is 0 Å². The Morgan fingerprint density at radius 2 is 1.93 bits per heavy atom. The number of aldehydes is 1. The summed E-state index contributed by atoms with van der Waals surface area (Å²) in [6.45, 7) is 5.98. The lowest BCUT2D eigenvalue weighted by Crippen LogP contribution is -2.55. The molecule has 0 saturated heterocycles. The second-order valence-corrected chi connectivity index (χ2v) is 11.4. The van der Waals surface area contributed by atoms with Gasteiger partial charge in [0.2, 0.25) is 11.8 Å². The fraction of sp³-hybridized carbons (Fsp3) is 0.433. The average Bonchev–Trinajstić information content (AvgIpc) is 2.92. The Kier molecular flexibility index (Phi) is 11.5. The Bertz CT molecular complexity index is 1230. The highest BCUT2D eigenvalue weighted by atomic mass is 127. The largest absolute Gasteiger partial charge is 0.493 e. The second-order valence-electron chi connectivity index (χ2n) is 10.3. The van der Waals surface area contributed by atoms with Crippen molar-refractivity contribution in [3.63, 3.8) is 0 Å². The maximum absolute atomic E-state index is 13.6. The number of carbonyl (C=O) groups is 3. The third kappa shape index (κ3) is 8.05. The third-order valence-electron chi connectivity index (χ3n) is 6.63. The molecule has 40 heavy (non-hydrogen) atoms. The summed E-state index contributed by atoms with van der Waals surface area (Å²) in [4.78, 5) is 39.6. The van der Waals surface area contributed by atoms with Crippen LogP contribution in [0.25, 0.3) is 0 Å². The van der Waals surface area contributed by atoms with Gasteiger partial charge < -0.3 is 29.9 Å². The SMILES string of the molecule is COc1cc(C=O)cc(I)c1O[C@H]1C=C(C(=O)NCCO)C[C@@H](N(Cc2ccc(C)cc2)C(=O)CC(C)C)[C@@H]1O. The summed E-state index contributed by atoms with van der Waals surface area (Å²) in [5, 5.41) is 23.5. The normalized spacial score (nSPS) is 18.6. The van der Waals surface area contributed by atoms with Crippen molar-refractivity contribution >= 4 is 40.7 Å². The first-order chi connectivity index (χ1) is 19.1. The lowest BCUT2D eigenvalue weighted by molar-refractivity contribution is -0.140. The van der Waals surface area contributed by atoms with Gasteiger partial charge in [0.25, 0.3) is 0 Å². The van der Waals surface area contributed by atoms with Crippen LogP contribution in [-0.4, -0.2) is 71.7 Å². The lowest BCUT2D eigenvalue weighted by Gasteiger charge is -2.41. The van der Waals surface area contributed by atoms with Gasteiger partial charge in [-0.3, -0.25) is 14.4 Å². The monoisotopic (exact) mass is 664 g/mol. The Morgan fingerprint density at radius 3 is 2.52 bits per heavy atom. The molecule has 2 aromatic rings. The molecule has 9 nitrogen and oxygen atoms in total. The highest BCUT2D eigenvalue weighted by Crippen LogP contribution is 2.37. The molecule has 3 atom stereocenters. The van der Waals surface area contributed by atoms with Crippen LogP contribution in [0, 0.1) is 16.4 Å². The summed E-state index contributed by atoms with van der Waals surface area (Å²) in [6, 6.07) is 10.2. The number of hydrogen-bond donors (Lipinski definition) is 3. The molecule has 0 aromatic heterocycles. The molecular weight excluding hydrogens is 627 g/mol. The molecule has 3 N–H and O–H groups in total. The first-order valence-corrected chi connectivity index (χ1v) is 14.3. The maximum atomic E-state index is 13.6. The van der Waals surface area contributed by atoms with Crippen LogP contribution >= 0.6 is 22.6 Å². The number of ether oxygens (including phenoxy) is 2. The Morgan fingerprint density at radius 1 is 1.23 bits per heavy atom. The van der Waals surface area contributed by atoms with Crippen LogP contribution in [-0.2, 0) is 16.1 Å². The van der Waals surface area contributed by atoms with E-state index in [1.165, 1.54) is 13.2 Å². The Balaban J connectivity index is 2.04. The highest BCUT2D eigenvalue weighted by molar-refractivity contribution is 14.1. The first kappa shape index (κ1) is 31.6. The summed E-state index contributed by atoms with van der Waals surface area (Å²) in [5.41, 5.74) is 2.72. The van der Waals surface area contributed by atoms with Crippen molar-refractivity contribution in [1.29, 1.82) is 0 Å². The van der Waals surface area contributed by atoms with Gasteiger partial charge in [0.1, 0.15) is 18.5 Å². The van der Waals surface area contributed by atoms with Crippen LogP contribution in [0.1, 0.15) is 48.2 Å². The van der Waals surface area contributed by atoms with Crippen LogP contribution in [0.4, 0.5) is 0 Å². The lowest BCUT2D eigenvalue weighted by atomic mass is 9.87. The zero-order chi connectivity index (χ0) is 29.4. The molecule has 0 unspecified atom stereocenters. The van der Waals surface area contributed by atoms with Crippen molar-refractivity contribution in [2.75, 3.05) is 20.3 Å². The molecule has 0 heterocycles. The van der Waals surface area contributed by atoms with E-state index in [4.69, 9.17) is 9.47 Å². The average molecular weight is 665 g/mol. The number of methoxy groups -OCH3 is 1. The quantitative estimate of drug-likeness (QED) is 0.235. The Labute approximate surface area is 248 Å². The Hall–Kier alpha value is -2.96. The van der Waals surface area contributed by atoms with Gasteiger partial charge in [-0.05, 0) is 59.2 Å². The van der Waals surface area contributed by atoms with Gasteiger partial charge in [0.05, 0.1) is 23.3 Å². The molecule has 0 bridgehead atoms. The van der Waals surface area contributed by atoms with Gasteiger partial charge in [0, 0.05) is 37.1 Å². The number of rotatable bonds is 12. The minimum absolute atomic E-state index is 0.0627. The predicted octanol–water partition coefficient (Wildman–Crippen LogP) is 3.41. The van der Waals surface area contributed by atoms with Crippen molar-refractivity contribution in [2.45, 2.75) is 58.4 Å². The molecule has 3 rings (SSSR count). The van der Waals surface area contributed by atoms with E-state index in [1.807, 2.05) is 67.6 Å². The molecule has 0 fully saturated rings. The number of benzene rings is 2. The zero-order valence-corrected chi connectivity index (χ0v) is 25.4. The van der Waals surface area contributed by atoms with Crippen molar-refractivity contribution in [1.82, 2.24) is 10.2 Å². The van der Waals surface area contributed by atoms with Crippen LogP contribution in [0.5, 0.6) is 11.5 Å². The third-order valence-corrected chi connectivity index (χ3v) is 7.43. The standard InChI is InChI=1S/C30H37IN2O7/c1-18(2)11-27(36)33(16-20-7-5-19(3)6-8-20)24-14-22(30(38)32-9-10-34)15-25(28(24)37)40-29-23(31)12-21(17-35)13-26(29)39-4/h5-8,12-13,15,17-18,24-25,28,34,37H,9-11,14,16H2,1-4H3,(H,32,38)/t24-,25+,28+/m1/s1. The minimum Gasteiger partial charge on any atom is -0.493 e. The van der Waals surface area contributed by atoms with E-state index in [0.29, 0.717) is 32.5 Å². The van der Waals surface area contributed by atoms with Gasteiger partial charge in [-0.1, -0.05) is 43.7 Å². The minimum atomic E-state index is -1.18. The molecule has 2 amide bonds. The molecule has 0 spiro atoms. The second kappa shape index (κ2) is 14.6. The van der Waals surface area contributed by atoms with E-state index in [-0.39, 0.29) is 44.4 Å². The number of nitrogens with one attached hydrogen (secondary N) is 1. The van der Waals surface area contributed by atoms with Crippen molar-refractivity contribution in [2.24, 2.45) is 5.92 Å². The number of amides is 2. The fourth-order valence-corrected chi connectivity index (χ4v) is 5.34. The number of hydrogen-bond acceptors (Lipinski definition) is 7. The zero-order valence-electron chi connectivity index (χ0n) is 23.2. The summed E-state index contributed by atoms with van der Waals surface area (Å²) < 4.78 is 12.3. The van der Waals surface area contributed by atoms with E-state index < -0.39 is 24.2 Å². The van der Waals surface area contributed by atoms with E-state index in [0.717, 1.165) is 11.1 Å². The summed E-state index contributed by atoms with van der Waals surface area (Å²) >= 11 is 2.02. The number of nitrogens with zero attached hydrogens (tertiary/aromatic N) is 1. The number of aliphatic hydroxyl groups is 2. The van der Waals surface area contributed by atoms with E-state index in [9.17, 15) is 24.6 Å². The summed E-state index contributed by atoms with van der Waals surface area (Å²) in [7, 11) is 1.45. The fourth-order valence-electron chi connectivity index (χ4n) is 4.58. The molecule has 1 aliphatic rings. The molecule has 1 aliphatic carbocycles. The first-order valence-electron chi connectivity index (χ1n) is 13.2. The van der Waals surface area contributed by atoms with Crippen LogP contribution in [0.3, 0.4) is 0 Å². The molecule has 0 radical (unpaired) electrons. The summed E-state index contributed by atoms with van der Waals surface area (Å²) in [6.07, 6.45) is 0.440. The highest BCUT2D eigenvalue weighted by Gasteiger charge is 2.41. The van der Waals surface area contributed by atoms with Crippen molar-refractivity contribution < 1.29 is 34.1 Å². The number of halogens is 1. The number of aliphatic hydroxyl groups excluding tert-OH is 2. The van der Waals surface area contributed by atoms with E-state index in [2.05, 4.69) is 5.32 Å². The van der Waals surface area contributed by atoms with Crippen LogP contribution < -0.4 is 14.8 Å². The van der Waals surface area contributed by atoms with Gasteiger partial charge in [0.15, 0.2) is 11.5 Å².